The summed E-state index contributed by atoms with van der Waals surface area (Å²) >= 11 is 0. The number of benzene rings is 3. The van der Waals surface area contributed by atoms with Crippen LogP contribution in [-0.4, -0.2) is 66.3 Å². The van der Waals surface area contributed by atoms with E-state index in [-0.39, 0.29) is 30.0 Å². The summed E-state index contributed by atoms with van der Waals surface area (Å²) in [6, 6.07) is 14.6. The third-order valence-electron chi connectivity index (χ3n) is 8.05. The first kappa shape index (κ1) is 45.9. The Balaban J connectivity index is 0.00000140. The number of nitrogens with one attached hydrogen (secondary N) is 3. The highest BCUT2D eigenvalue weighted by Gasteiger charge is 2.34. The van der Waals surface area contributed by atoms with E-state index in [4.69, 9.17) is 10.7 Å². The smallest absolute Gasteiger partial charge is 0.328 e. The van der Waals surface area contributed by atoms with Crippen molar-refractivity contribution in [3.8, 4) is 11.3 Å². The van der Waals surface area contributed by atoms with Crippen molar-refractivity contribution >= 4 is 40.9 Å². The normalized spacial score (nSPS) is 11.4. The van der Waals surface area contributed by atoms with Crippen molar-refractivity contribution in [1.82, 2.24) is 20.2 Å². The van der Waals surface area contributed by atoms with Crippen molar-refractivity contribution in [3.05, 3.63) is 94.6 Å². The fourth-order valence-electron chi connectivity index (χ4n) is 5.40. The molecule has 0 saturated heterocycles. The molecular weight excluding hydrogens is 703 g/mol. The molecule has 3 aromatic carbocycles. The Labute approximate surface area is 325 Å². The van der Waals surface area contributed by atoms with Crippen LogP contribution in [0.15, 0.2) is 60.7 Å². The lowest BCUT2D eigenvalue weighted by atomic mass is 9.97. The Morgan fingerprint density at radius 3 is 2.15 bits per heavy atom. The molecule has 298 valence electrons. The minimum Gasteiger partial charge on any atom is -0.353 e. The third-order valence-corrected chi connectivity index (χ3v) is 8.05. The van der Waals surface area contributed by atoms with Crippen molar-refractivity contribution in [2.24, 2.45) is 5.73 Å². The number of aryl methyl sites for hydroxylation is 1. The number of hydrogen-bond donors (Lipinski definition) is 4. The van der Waals surface area contributed by atoms with Crippen molar-refractivity contribution < 1.29 is 23.2 Å². The Hall–Kier alpha value is -5.27. The van der Waals surface area contributed by atoms with E-state index in [9.17, 15) is 14.4 Å². The highest BCUT2D eigenvalue weighted by Crippen LogP contribution is 2.39. The fourth-order valence-corrected chi connectivity index (χ4v) is 5.40. The number of para-hydroxylation sites is 1. The van der Waals surface area contributed by atoms with Crippen LogP contribution in [-0.2, 0) is 6.54 Å². The number of carbonyl (C=O) groups excluding carboxylic acids is 3. The van der Waals surface area contributed by atoms with E-state index >= 15 is 8.78 Å². The first-order valence-corrected chi connectivity index (χ1v) is 19.1. The van der Waals surface area contributed by atoms with Crippen LogP contribution in [0.1, 0.15) is 99.1 Å². The Morgan fingerprint density at radius 1 is 0.927 bits per heavy atom. The molecule has 0 saturated carbocycles. The zero-order valence-electron chi connectivity index (χ0n) is 33.8. The average Bonchev–Trinajstić information content (AvgIpc) is 3.17. The lowest BCUT2D eigenvalue weighted by Crippen LogP contribution is -2.43. The molecule has 0 spiro atoms. The van der Waals surface area contributed by atoms with Gasteiger partial charge in [0.2, 0.25) is 5.95 Å². The van der Waals surface area contributed by atoms with Crippen LogP contribution in [0, 0.1) is 18.6 Å². The van der Waals surface area contributed by atoms with Gasteiger partial charge < -0.3 is 26.6 Å². The van der Waals surface area contributed by atoms with Gasteiger partial charge in [-0.25, -0.2) is 23.5 Å². The Morgan fingerprint density at radius 2 is 1.55 bits per heavy atom. The second-order valence-corrected chi connectivity index (χ2v) is 12.3. The van der Waals surface area contributed by atoms with Crippen LogP contribution >= 0.6 is 0 Å². The van der Waals surface area contributed by atoms with Crippen LogP contribution in [0.3, 0.4) is 0 Å². The largest absolute Gasteiger partial charge is 0.353 e. The number of rotatable bonds is 13. The number of nitrogens with two attached hydrogens (primary N) is 1. The maximum absolute atomic E-state index is 15.0. The number of carbonyl (C=O) groups is 3. The van der Waals surface area contributed by atoms with Crippen LogP contribution in [0.5, 0.6) is 0 Å². The third kappa shape index (κ3) is 12.6. The van der Waals surface area contributed by atoms with E-state index in [1.807, 2.05) is 60.5 Å². The summed E-state index contributed by atoms with van der Waals surface area (Å²) in [5.41, 5.74) is 7.93. The second-order valence-electron chi connectivity index (χ2n) is 12.3. The predicted octanol–water partition coefficient (Wildman–Crippen LogP) is 9.10. The van der Waals surface area contributed by atoms with Crippen LogP contribution in [0.25, 0.3) is 11.3 Å². The fraction of sp³-hybridized carbons (Fsp3) is 0.405. The molecule has 0 bridgehead atoms. The van der Waals surface area contributed by atoms with Gasteiger partial charge in [0.05, 0.1) is 12.2 Å². The molecule has 4 aromatic rings. The SMILES string of the molecule is CC.CC.CCCCCC(=O)c1ccc(NC(=O)c2ccc(C)c(-c3nc(NCCN(C)C)nc4c3CNC(=O)N4c3c(F)cccc3F)c2)cc1.CCN. The summed E-state index contributed by atoms with van der Waals surface area (Å²) in [7, 11) is 3.83. The molecule has 1 aliphatic rings. The molecule has 2 heterocycles. The van der Waals surface area contributed by atoms with Gasteiger partial charge in [-0.2, -0.15) is 4.98 Å². The highest BCUT2D eigenvalue weighted by atomic mass is 19.1. The summed E-state index contributed by atoms with van der Waals surface area (Å²) in [4.78, 5) is 51.3. The quantitative estimate of drug-likeness (QED) is 0.0780. The molecule has 0 aliphatic carbocycles. The summed E-state index contributed by atoms with van der Waals surface area (Å²) in [6.45, 7) is 15.7. The van der Waals surface area contributed by atoms with Crippen LogP contribution in [0.2, 0.25) is 0 Å². The van der Waals surface area contributed by atoms with Gasteiger partial charge in [-0.15, -0.1) is 0 Å². The summed E-state index contributed by atoms with van der Waals surface area (Å²) in [5.74, 6) is -1.98. The Bertz CT molecular complexity index is 1830. The van der Waals surface area contributed by atoms with Gasteiger partial charge in [-0.05, 0) is 88.1 Å². The molecule has 0 unspecified atom stereocenters. The summed E-state index contributed by atoms with van der Waals surface area (Å²) < 4.78 is 30.1. The zero-order chi connectivity index (χ0) is 41.1. The van der Waals surface area contributed by atoms with Gasteiger partial charge in [-0.1, -0.05) is 66.5 Å². The second kappa shape index (κ2) is 23.5. The minimum absolute atomic E-state index is 0.00652. The lowest BCUT2D eigenvalue weighted by Gasteiger charge is -2.31. The molecule has 3 amide bonds. The van der Waals surface area contributed by atoms with E-state index in [0.717, 1.165) is 48.4 Å². The molecular formula is C42H58F2N8O3. The number of anilines is 4. The maximum Gasteiger partial charge on any atom is 0.328 e. The molecule has 11 nitrogen and oxygen atoms in total. The highest BCUT2D eigenvalue weighted by molar-refractivity contribution is 6.06. The van der Waals surface area contributed by atoms with E-state index in [1.54, 1.807) is 42.5 Å². The van der Waals surface area contributed by atoms with Crippen molar-refractivity contribution in [1.29, 1.82) is 0 Å². The molecule has 0 fully saturated rings. The van der Waals surface area contributed by atoms with Gasteiger partial charge in [0.15, 0.2) is 11.6 Å². The zero-order valence-corrected chi connectivity index (χ0v) is 33.8. The molecule has 0 radical (unpaired) electrons. The standard InChI is InChI=1S/C36H39F2N7O3.C2H7N.2C2H6/c1-5-6-7-11-30(46)23-14-16-25(17-15-23)41-34(47)24-13-12-22(2)26(20-24)31-27-21-40-36(48)45(32-28(37)9-8-10-29(32)38)33(27)43-35(42-31)39-18-19-44(3)4;1-2-3;2*1-2/h8-10,12-17,20H,5-7,11,18-19,21H2,1-4H3,(H,40,48)(H,41,47)(H,39,42,43);2-3H2,1H3;2*1-2H3. The monoisotopic (exact) mass is 760 g/mol. The minimum atomic E-state index is -0.927. The maximum atomic E-state index is 15.0. The van der Waals surface area contributed by atoms with Gasteiger partial charge in [-0.3, -0.25) is 9.59 Å². The summed E-state index contributed by atoms with van der Waals surface area (Å²) in [5, 5.41) is 8.73. The van der Waals surface area contributed by atoms with Crippen LogP contribution in [0.4, 0.5) is 36.7 Å². The average molecular weight is 761 g/mol. The molecule has 1 aromatic heterocycles. The number of urea groups is 1. The molecule has 55 heavy (non-hydrogen) atoms. The lowest BCUT2D eigenvalue weighted by molar-refractivity contribution is 0.0978. The first-order valence-electron chi connectivity index (χ1n) is 19.1. The van der Waals surface area contributed by atoms with E-state index in [0.29, 0.717) is 53.1 Å². The first-order chi connectivity index (χ1) is 26.5. The van der Waals surface area contributed by atoms with Gasteiger partial charge >= 0.3 is 6.03 Å². The number of aromatic nitrogens is 2. The number of ketones is 1. The van der Waals surface area contributed by atoms with Crippen LogP contribution < -0.4 is 26.6 Å². The van der Waals surface area contributed by atoms with Crippen molar-refractivity contribution in [2.45, 2.75) is 80.7 Å². The van der Waals surface area contributed by atoms with Crippen molar-refractivity contribution in [2.75, 3.05) is 49.3 Å². The Kier molecular flexibility index (Phi) is 19.6. The number of fused-ring (bicyclic) bond motifs is 1. The topological polar surface area (TPSA) is 146 Å². The molecule has 0 atom stereocenters. The van der Waals surface area contributed by atoms with E-state index in [1.165, 1.54) is 6.07 Å². The summed E-state index contributed by atoms with van der Waals surface area (Å²) in [6.07, 6.45) is 3.37. The predicted molar refractivity (Wildman–Crippen MR) is 220 cm³/mol. The number of hydrogen-bond acceptors (Lipinski definition) is 8. The molecule has 1 aliphatic heterocycles. The van der Waals surface area contributed by atoms with E-state index in [2.05, 4.69) is 27.9 Å². The number of halogens is 2. The van der Waals surface area contributed by atoms with Gasteiger partial charge in [0.1, 0.15) is 17.3 Å². The van der Waals surface area contributed by atoms with E-state index < -0.39 is 23.4 Å². The molecule has 5 N–H and O–H groups in total. The number of amides is 3. The number of Topliss-reactive ketones (excluding diaryl/α,β-unsaturated/α-hetero) is 1. The number of nitrogens with zero attached hydrogens (tertiary/aromatic N) is 4. The number of unbranched alkanes of at least 4 members (excludes halogenated alkanes) is 2. The molecule has 13 heteroatoms. The number of likely N-dealkylation sites (N-methyl/N-ethyl adjacent to an activating group) is 1. The van der Waals surface area contributed by atoms with Crippen molar-refractivity contribution in [3.63, 3.8) is 0 Å². The van der Waals surface area contributed by atoms with Gasteiger partial charge in [0.25, 0.3) is 5.91 Å². The van der Waals surface area contributed by atoms with Gasteiger partial charge in [0, 0.05) is 47.5 Å². The molecule has 5 rings (SSSR count).